The van der Waals surface area contributed by atoms with E-state index in [4.69, 9.17) is 13.9 Å². The maximum Gasteiger partial charge on any atom is 0.291 e. The van der Waals surface area contributed by atoms with Gasteiger partial charge in [-0.1, -0.05) is 30.3 Å². The minimum absolute atomic E-state index is 0.240. The molecule has 3 heterocycles. The summed E-state index contributed by atoms with van der Waals surface area (Å²) in [5, 5.41) is 3.75. The van der Waals surface area contributed by atoms with Crippen molar-refractivity contribution in [2.24, 2.45) is 0 Å². The molecule has 0 aliphatic rings. The van der Waals surface area contributed by atoms with Crippen molar-refractivity contribution in [1.82, 2.24) is 9.38 Å². The quantitative estimate of drug-likeness (QED) is 0.393. The standard InChI is InChI=1S/C25H21N3O4/c1-30-16-21-20-9-2-3-10-22(20)32-24(21)25(29)27-17-7-6-8-19(13-17)31-15-18-14-28-12-5-4-11-23(28)26-18/h2-14H,15-16H2,1H3,(H,27,29). The molecule has 0 saturated carbocycles. The maximum absolute atomic E-state index is 13.0. The van der Waals surface area contributed by atoms with Crippen LogP contribution in [0.15, 0.2) is 83.5 Å². The molecule has 0 spiro atoms. The molecule has 1 amide bonds. The van der Waals surface area contributed by atoms with Crippen molar-refractivity contribution >= 4 is 28.2 Å². The molecule has 160 valence electrons. The van der Waals surface area contributed by atoms with Crippen LogP contribution in [0.1, 0.15) is 21.8 Å². The van der Waals surface area contributed by atoms with Gasteiger partial charge in [-0.3, -0.25) is 4.79 Å². The average molecular weight is 427 g/mol. The number of methoxy groups -OCH3 is 1. The maximum atomic E-state index is 13.0. The third kappa shape index (κ3) is 3.93. The summed E-state index contributed by atoms with van der Waals surface area (Å²) in [5.41, 5.74) is 3.65. The number of fused-ring (bicyclic) bond motifs is 2. The fourth-order valence-electron chi connectivity index (χ4n) is 3.64. The zero-order chi connectivity index (χ0) is 21.9. The van der Waals surface area contributed by atoms with E-state index in [1.165, 1.54) is 0 Å². The second-order valence-electron chi connectivity index (χ2n) is 7.31. The van der Waals surface area contributed by atoms with E-state index in [2.05, 4.69) is 10.3 Å². The third-order valence-corrected chi connectivity index (χ3v) is 5.09. The van der Waals surface area contributed by atoms with Gasteiger partial charge in [0.25, 0.3) is 5.91 Å². The molecule has 7 heteroatoms. The molecule has 0 bridgehead atoms. The van der Waals surface area contributed by atoms with E-state index < -0.39 is 0 Å². The molecule has 0 unspecified atom stereocenters. The van der Waals surface area contributed by atoms with Crippen molar-refractivity contribution < 1.29 is 18.7 Å². The van der Waals surface area contributed by atoms with Crippen LogP contribution in [-0.2, 0) is 18.0 Å². The minimum Gasteiger partial charge on any atom is -0.487 e. The number of furan rings is 1. The van der Waals surface area contributed by atoms with Gasteiger partial charge in [-0.2, -0.15) is 0 Å². The summed E-state index contributed by atoms with van der Waals surface area (Å²) in [6.07, 6.45) is 3.87. The number of para-hydroxylation sites is 1. The van der Waals surface area contributed by atoms with Crippen LogP contribution in [0.4, 0.5) is 5.69 Å². The Morgan fingerprint density at radius 2 is 1.94 bits per heavy atom. The Labute approximate surface area is 184 Å². The molecule has 0 fully saturated rings. The molecule has 5 aromatic rings. The number of carbonyl (C=O) groups excluding carboxylic acids is 1. The molecular weight excluding hydrogens is 406 g/mol. The monoisotopic (exact) mass is 427 g/mol. The lowest BCUT2D eigenvalue weighted by molar-refractivity contribution is 0.0992. The zero-order valence-electron chi connectivity index (χ0n) is 17.4. The topological polar surface area (TPSA) is 78.0 Å². The summed E-state index contributed by atoms with van der Waals surface area (Å²) in [6, 6.07) is 20.6. The Kier molecular flexibility index (Phi) is 5.31. The number of anilines is 1. The number of carbonyl (C=O) groups is 1. The van der Waals surface area contributed by atoms with E-state index in [-0.39, 0.29) is 18.3 Å². The first kappa shape index (κ1) is 19.8. The highest BCUT2D eigenvalue weighted by molar-refractivity contribution is 6.06. The largest absolute Gasteiger partial charge is 0.487 e. The van der Waals surface area contributed by atoms with Crippen molar-refractivity contribution in [2.45, 2.75) is 13.2 Å². The second kappa shape index (κ2) is 8.56. The van der Waals surface area contributed by atoms with Crippen molar-refractivity contribution in [3.8, 4) is 5.75 Å². The molecule has 0 saturated heterocycles. The summed E-state index contributed by atoms with van der Waals surface area (Å²) >= 11 is 0. The Morgan fingerprint density at radius 3 is 2.81 bits per heavy atom. The number of aromatic nitrogens is 2. The Bertz CT molecular complexity index is 1370. The molecule has 0 radical (unpaired) electrons. The fourth-order valence-corrected chi connectivity index (χ4v) is 3.64. The highest BCUT2D eigenvalue weighted by atomic mass is 16.5. The van der Waals surface area contributed by atoms with E-state index in [9.17, 15) is 4.79 Å². The van der Waals surface area contributed by atoms with Crippen molar-refractivity contribution in [1.29, 1.82) is 0 Å². The Morgan fingerprint density at radius 1 is 1.06 bits per heavy atom. The summed E-state index contributed by atoms with van der Waals surface area (Å²) in [4.78, 5) is 17.5. The molecule has 5 rings (SSSR count). The molecule has 2 aromatic carbocycles. The molecule has 0 atom stereocenters. The van der Waals surface area contributed by atoms with Crippen LogP contribution >= 0.6 is 0 Å². The zero-order valence-corrected chi connectivity index (χ0v) is 17.4. The van der Waals surface area contributed by atoms with Crippen LogP contribution < -0.4 is 10.1 Å². The summed E-state index contributed by atoms with van der Waals surface area (Å²) in [7, 11) is 1.59. The van der Waals surface area contributed by atoms with Gasteiger partial charge in [0, 0.05) is 42.2 Å². The number of rotatable bonds is 7. The predicted molar refractivity (Wildman–Crippen MR) is 121 cm³/mol. The Hall–Kier alpha value is -4.10. The number of pyridine rings is 1. The molecule has 1 N–H and O–H groups in total. The van der Waals surface area contributed by atoms with Gasteiger partial charge >= 0.3 is 0 Å². The number of amides is 1. The van der Waals surface area contributed by atoms with Crippen molar-refractivity contribution in [3.63, 3.8) is 0 Å². The molecule has 3 aromatic heterocycles. The Balaban J connectivity index is 1.32. The minimum atomic E-state index is -0.342. The fraction of sp³-hybridized carbons (Fsp3) is 0.120. The number of ether oxygens (including phenoxy) is 2. The molecule has 0 aliphatic heterocycles. The second-order valence-corrected chi connectivity index (χ2v) is 7.31. The van der Waals surface area contributed by atoms with Gasteiger partial charge in [-0.15, -0.1) is 0 Å². The first-order valence-corrected chi connectivity index (χ1v) is 10.2. The van der Waals surface area contributed by atoms with Gasteiger partial charge in [0.2, 0.25) is 0 Å². The highest BCUT2D eigenvalue weighted by Gasteiger charge is 2.20. The van der Waals surface area contributed by atoms with Gasteiger partial charge in [-0.25, -0.2) is 4.98 Å². The smallest absolute Gasteiger partial charge is 0.291 e. The summed E-state index contributed by atoms with van der Waals surface area (Å²) in [5.74, 6) is 0.524. The lowest BCUT2D eigenvalue weighted by atomic mass is 10.1. The number of imidazole rings is 1. The van der Waals surface area contributed by atoms with Gasteiger partial charge in [-0.05, 0) is 30.3 Å². The normalized spacial score (nSPS) is 11.2. The number of hydrogen-bond donors (Lipinski definition) is 1. The average Bonchev–Trinajstić information content (AvgIpc) is 3.40. The molecule has 0 aliphatic carbocycles. The van der Waals surface area contributed by atoms with Crippen LogP contribution in [0.2, 0.25) is 0 Å². The highest BCUT2D eigenvalue weighted by Crippen LogP contribution is 2.28. The van der Waals surface area contributed by atoms with Crippen molar-refractivity contribution in [3.05, 3.63) is 96.1 Å². The van der Waals surface area contributed by atoms with Gasteiger partial charge in [0.05, 0.1) is 12.3 Å². The van der Waals surface area contributed by atoms with Crippen molar-refractivity contribution in [2.75, 3.05) is 12.4 Å². The van der Waals surface area contributed by atoms with Gasteiger partial charge in [0.1, 0.15) is 23.6 Å². The molecular formula is C25H21N3O4. The number of hydrogen-bond acceptors (Lipinski definition) is 5. The number of nitrogens with one attached hydrogen (secondary N) is 1. The third-order valence-electron chi connectivity index (χ3n) is 5.09. The first-order valence-electron chi connectivity index (χ1n) is 10.2. The lowest BCUT2D eigenvalue weighted by Gasteiger charge is -2.08. The van der Waals surface area contributed by atoms with Crippen LogP contribution in [0.25, 0.3) is 16.6 Å². The van der Waals surface area contributed by atoms with Gasteiger partial charge < -0.3 is 23.6 Å². The molecule has 32 heavy (non-hydrogen) atoms. The lowest BCUT2D eigenvalue weighted by Crippen LogP contribution is -2.13. The summed E-state index contributed by atoms with van der Waals surface area (Å²) in [6.45, 7) is 0.600. The SMILES string of the molecule is COCc1c(C(=O)Nc2cccc(OCc3cn4ccccc4n3)c2)oc2ccccc12. The van der Waals surface area contributed by atoms with E-state index in [0.717, 1.165) is 22.3 Å². The van der Waals surface area contributed by atoms with E-state index in [0.29, 0.717) is 23.6 Å². The first-order chi connectivity index (χ1) is 15.7. The van der Waals surface area contributed by atoms with E-state index >= 15 is 0 Å². The predicted octanol–water partition coefficient (Wildman–Crippen LogP) is 5.06. The number of benzene rings is 2. The van der Waals surface area contributed by atoms with E-state index in [1.54, 1.807) is 19.2 Å². The van der Waals surface area contributed by atoms with Crippen LogP contribution in [0, 0.1) is 0 Å². The van der Waals surface area contributed by atoms with Crippen LogP contribution in [0.3, 0.4) is 0 Å². The number of nitrogens with zero attached hydrogens (tertiary/aromatic N) is 2. The van der Waals surface area contributed by atoms with E-state index in [1.807, 2.05) is 71.4 Å². The molecule has 7 nitrogen and oxygen atoms in total. The van der Waals surface area contributed by atoms with Crippen LogP contribution in [-0.4, -0.2) is 22.4 Å². The van der Waals surface area contributed by atoms with Crippen LogP contribution in [0.5, 0.6) is 5.75 Å². The summed E-state index contributed by atoms with van der Waals surface area (Å²) < 4.78 is 18.9. The van der Waals surface area contributed by atoms with Gasteiger partial charge in [0.15, 0.2) is 5.76 Å².